The van der Waals surface area contributed by atoms with E-state index in [4.69, 9.17) is 5.73 Å². The SMILES string of the molecule is CCCCC(CCC)N1CCC(N)CC1C. The van der Waals surface area contributed by atoms with Crippen molar-refractivity contribution in [3.05, 3.63) is 0 Å². The van der Waals surface area contributed by atoms with Crippen LogP contribution in [0.2, 0.25) is 0 Å². The zero-order chi connectivity index (χ0) is 12.0. The van der Waals surface area contributed by atoms with E-state index >= 15 is 0 Å². The predicted molar refractivity (Wildman–Crippen MR) is 71.6 cm³/mol. The minimum atomic E-state index is 0.444. The van der Waals surface area contributed by atoms with Crippen LogP contribution in [0.1, 0.15) is 65.7 Å². The molecule has 1 aliphatic heterocycles. The van der Waals surface area contributed by atoms with E-state index in [9.17, 15) is 0 Å². The van der Waals surface area contributed by atoms with E-state index in [0.717, 1.165) is 6.04 Å². The largest absolute Gasteiger partial charge is 0.328 e. The maximum absolute atomic E-state index is 6.03. The molecule has 2 N–H and O–H groups in total. The van der Waals surface area contributed by atoms with Crippen molar-refractivity contribution < 1.29 is 0 Å². The van der Waals surface area contributed by atoms with Gasteiger partial charge in [0, 0.05) is 24.7 Å². The lowest BCUT2D eigenvalue weighted by Crippen LogP contribution is -2.50. The van der Waals surface area contributed by atoms with Crippen molar-refractivity contribution in [3.8, 4) is 0 Å². The number of nitrogens with two attached hydrogens (primary N) is 1. The molecule has 0 radical (unpaired) electrons. The number of rotatable bonds is 6. The molecule has 96 valence electrons. The normalized spacial score (nSPS) is 29.2. The fourth-order valence-electron chi connectivity index (χ4n) is 3.02. The molecule has 2 heteroatoms. The van der Waals surface area contributed by atoms with Crippen LogP contribution < -0.4 is 5.73 Å². The Hall–Kier alpha value is -0.0800. The molecule has 2 nitrogen and oxygen atoms in total. The third-order valence-corrected chi connectivity index (χ3v) is 3.95. The molecule has 16 heavy (non-hydrogen) atoms. The quantitative estimate of drug-likeness (QED) is 0.754. The van der Waals surface area contributed by atoms with Crippen LogP contribution in [0, 0.1) is 0 Å². The lowest BCUT2D eigenvalue weighted by atomic mass is 9.94. The Balaban J connectivity index is 2.48. The van der Waals surface area contributed by atoms with Crippen LogP contribution in [0.4, 0.5) is 0 Å². The van der Waals surface area contributed by atoms with Gasteiger partial charge in [-0.2, -0.15) is 0 Å². The highest BCUT2D eigenvalue weighted by Crippen LogP contribution is 2.23. The van der Waals surface area contributed by atoms with Crippen LogP contribution in [0.25, 0.3) is 0 Å². The summed E-state index contributed by atoms with van der Waals surface area (Å²) >= 11 is 0. The van der Waals surface area contributed by atoms with Crippen LogP contribution in [-0.2, 0) is 0 Å². The fourth-order valence-corrected chi connectivity index (χ4v) is 3.02. The lowest BCUT2D eigenvalue weighted by Gasteiger charge is -2.42. The molecule has 0 aliphatic carbocycles. The van der Waals surface area contributed by atoms with Gasteiger partial charge in [-0.1, -0.05) is 33.1 Å². The van der Waals surface area contributed by atoms with Crippen LogP contribution >= 0.6 is 0 Å². The molecular weight excluding hydrogens is 196 g/mol. The van der Waals surface area contributed by atoms with Gasteiger partial charge in [0.1, 0.15) is 0 Å². The molecule has 0 spiro atoms. The summed E-state index contributed by atoms with van der Waals surface area (Å²) in [5.74, 6) is 0. The predicted octanol–water partition coefficient (Wildman–Crippen LogP) is 3.16. The summed E-state index contributed by atoms with van der Waals surface area (Å²) < 4.78 is 0. The van der Waals surface area contributed by atoms with Gasteiger partial charge < -0.3 is 5.73 Å². The highest BCUT2D eigenvalue weighted by Gasteiger charge is 2.27. The molecule has 1 rings (SSSR count). The molecule has 1 fully saturated rings. The summed E-state index contributed by atoms with van der Waals surface area (Å²) in [6.45, 7) is 8.17. The highest BCUT2D eigenvalue weighted by atomic mass is 15.2. The Labute approximate surface area is 102 Å². The van der Waals surface area contributed by atoms with Crippen LogP contribution in [0.5, 0.6) is 0 Å². The fraction of sp³-hybridized carbons (Fsp3) is 1.00. The van der Waals surface area contributed by atoms with Crippen LogP contribution in [0.3, 0.4) is 0 Å². The van der Waals surface area contributed by atoms with E-state index in [1.807, 2.05) is 0 Å². The van der Waals surface area contributed by atoms with Crippen molar-refractivity contribution in [1.82, 2.24) is 4.90 Å². The third-order valence-electron chi connectivity index (χ3n) is 3.95. The molecule has 0 bridgehead atoms. The molecule has 3 atom stereocenters. The minimum Gasteiger partial charge on any atom is -0.328 e. The minimum absolute atomic E-state index is 0.444. The Kier molecular flexibility index (Phi) is 6.37. The molecule has 3 unspecified atom stereocenters. The van der Waals surface area contributed by atoms with Gasteiger partial charge in [-0.3, -0.25) is 4.90 Å². The zero-order valence-corrected chi connectivity index (χ0v) is 11.4. The number of hydrogen-bond donors (Lipinski definition) is 1. The third kappa shape index (κ3) is 4.06. The molecule has 0 aromatic rings. The van der Waals surface area contributed by atoms with Gasteiger partial charge >= 0.3 is 0 Å². The van der Waals surface area contributed by atoms with Crippen molar-refractivity contribution >= 4 is 0 Å². The lowest BCUT2D eigenvalue weighted by molar-refractivity contribution is 0.0838. The van der Waals surface area contributed by atoms with Crippen LogP contribution in [-0.4, -0.2) is 29.6 Å². The number of likely N-dealkylation sites (tertiary alicyclic amines) is 1. The van der Waals surface area contributed by atoms with Crippen molar-refractivity contribution in [2.75, 3.05) is 6.54 Å². The summed E-state index contributed by atoms with van der Waals surface area (Å²) in [7, 11) is 0. The first-order chi connectivity index (χ1) is 7.69. The topological polar surface area (TPSA) is 29.3 Å². The second kappa shape index (κ2) is 7.29. The number of unbranched alkanes of at least 4 members (excludes halogenated alkanes) is 1. The summed E-state index contributed by atoms with van der Waals surface area (Å²) in [4.78, 5) is 2.72. The average Bonchev–Trinajstić information content (AvgIpc) is 2.25. The average molecular weight is 226 g/mol. The Bertz CT molecular complexity index is 182. The van der Waals surface area contributed by atoms with E-state index in [-0.39, 0.29) is 0 Å². The van der Waals surface area contributed by atoms with Gasteiger partial charge in [0.25, 0.3) is 0 Å². The van der Waals surface area contributed by atoms with Gasteiger partial charge in [0.2, 0.25) is 0 Å². The van der Waals surface area contributed by atoms with Crippen LogP contribution in [0.15, 0.2) is 0 Å². The molecule has 0 amide bonds. The molecule has 1 heterocycles. The Morgan fingerprint density at radius 3 is 2.56 bits per heavy atom. The van der Waals surface area contributed by atoms with E-state index in [1.165, 1.54) is 51.5 Å². The van der Waals surface area contributed by atoms with Crippen molar-refractivity contribution in [2.45, 2.75) is 83.8 Å². The monoisotopic (exact) mass is 226 g/mol. The van der Waals surface area contributed by atoms with E-state index in [0.29, 0.717) is 12.1 Å². The van der Waals surface area contributed by atoms with Crippen molar-refractivity contribution in [1.29, 1.82) is 0 Å². The maximum atomic E-state index is 6.03. The Morgan fingerprint density at radius 2 is 2.00 bits per heavy atom. The number of nitrogens with zero attached hydrogens (tertiary/aromatic N) is 1. The van der Waals surface area contributed by atoms with Gasteiger partial charge in [-0.25, -0.2) is 0 Å². The van der Waals surface area contributed by atoms with E-state index < -0.39 is 0 Å². The second-order valence-corrected chi connectivity index (χ2v) is 5.46. The highest BCUT2D eigenvalue weighted by molar-refractivity contribution is 4.85. The summed E-state index contributed by atoms with van der Waals surface area (Å²) in [6, 6.07) is 1.95. The number of piperidine rings is 1. The molecule has 1 aliphatic rings. The van der Waals surface area contributed by atoms with Gasteiger partial charge in [0.15, 0.2) is 0 Å². The summed E-state index contributed by atoms with van der Waals surface area (Å²) in [6.07, 6.45) is 9.12. The standard InChI is InChI=1S/C14H30N2/c1-4-6-8-14(7-5-2)16-10-9-13(15)11-12(16)3/h12-14H,4-11,15H2,1-3H3. The second-order valence-electron chi connectivity index (χ2n) is 5.46. The van der Waals surface area contributed by atoms with Gasteiger partial charge in [0.05, 0.1) is 0 Å². The van der Waals surface area contributed by atoms with E-state index in [2.05, 4.69) is 25.7 Å². The molecule has 0 aromatic carbocycles. The first kappa shape index (κ1) is 14.0. The molecule has 1 saturated heterocycles. The van der Waals surface area contributed by atoms with Gasteiger partial charge in [-0.15, -0.1) is 0 Å². The summed E-state index contributed by atoms with van der Waals surface area (Å²) in [5.41, 5.74) is 6.03. The van der Waals surface area contributed by atoms with Crippen molar-refractivity contribution in [3.63, 3.8) is 0 Å². The smallest absolute Gasteiger partial charge is 0.00979 e. The Morgan fingerprint density at radius 1 is 1.25 bits per heavy atom. The molecular formula is C14H30N2. The van der Waals surface area contributed by atoms with E-state index in [1.54, 1.807) is 0 Å². The number of hydrogen-bond acceptors (Lipinski definition) is 2. The zero-order valence-electron chi connectivity index (χ0n) is 11.4. The first-order valence-corrected chi connectivity index (χ1v) is 7.20. The molecule has 0 saturated carbocycles. The van der Waals surface area contributed by atoms with Gasteiger partial charge in [-0.05, 0) is 32.6 Å². The summed E-state index contributed by atoms with van der Waals surface area (Å²) in [5, 5.41) is 0. The molecule has 0 aromatic heterocycles. The van der Waals surface area contributed by atoms with Crippen molar-refractivity contribution in [2.24, 2.45) is 5.73 Å². The maximum Gasteiger partial charge on any atom is 0.00979 e. The first-order valence-electron chi connectivity index (χ1n) is 7.20.